The van der Waals surface area contributed by atoms with Crippen molar-refractivity contribution in [3.63, 3.8) is 0 Å². The van der Waals surface area contributed by atoms with Gasteiger partial charge in [-0.05, 0) is 29.8 Å². The zero-order chi connectivity index (χ0) is 15.5. The van der Waals surface area contributed by atoms with E-state index in [2.05, 4.69) is 10.6 Å². The molecule has 0 spiro atoms. The number of rotatable bonds is 3. The van der Waals surface area contributed by atoms with Crippen molar-refractivity contribution in [1.82, 2.24) is 5.32 Å². The molecule has 3 rings (SSSR count). The van der Waals surface area contributed by atoms with E-state index in [9.17, 15) is 9.59 Å². The number of nitrogens with one attached hydrogen (secondary N) is 2. The summed E-state index contributed by atoms with van der Waals surface area (Å²) in [6.45, 7) is 0.323. The van der Waals surface area contributed by atoms with E-state index in [0.717, 1.165) is 5.56 Å². The van der Waals surface area contributed by atoms with Crippen LogP contribution in [0.25, 0.3) is 0 Å². The number of ether oxygens (including phenoxy) is 1. The average molecular weight is 317 g/mol. The molecule has 0 fully saturated rings. The third-order valence-corrected chi connectivity index (χ3v) is 3.64. The van der Waals surface area contributed by atoms with Crippen LogP contribution in [0.5, 0.6) is 5.75 Å². The van der Waals surface area contributed by atoms with Crippen molar-refractivity contribution >= 4 is 29.1 Å². The lowest BCUT2D eigenvalue weighted by Gasteiger charge is -2.18. The predicted octanol–water partition coefficient (Wildman–Crippen LogP) is 2.60. The molecule has 0 aliphatic carbocycles. The van der Waals surface area contributed by atoms with Gasteiger partial charge < -0.3 is 15.4 Å². The highest BCUT2D eigenvalue weighted by Crippen LogP contribution is 2.28. The van der Waals surface area contributed by atoms with Gasteiger partial charge in [0.25, 0.3) is 11.8 Å². The van der Waals surface area contributed by atoms with Crippen molar-refractivity contribution in [2.75, 3.05) is 11.9 Å². The second kappa shape index (κ2) is 6.07. The Kier molecular flexibility index (Phi) is 3.98. The molecule has 0 saturated carbocycles. The van der Waals surface area contributed by atoms with Gasteiger partial charge in [0.15, 0.2) is 6.61 Å². The molecule has 0 radical (unpaired) electrons. The second-order valence-corrected chi connectivity index (χ2v) is 5.23. The molecule has 2 amide bonds. The molecule has 1 aliphatic rings. The van der Waals surface area contributed by atoms with Crippen LogP contribution in [0.4, 0.5) is 5.69 Å². The maximum Gasteiger partial charge on any atom is 0.262 e. The summed E-state index contributed by atoms with van der Waals surface area (Å²) < 4.78 is 5.25. The minimum atomic E-state index is -0.248. The van der Waals surface area contributed by atoms with Crippen molar-refractivity contribution in [3.05, 3.63) is 58.6 Å². The van der Waals surface area contributed by atoms with Crippen LogP contribution in [-0.2, 0) is 11.3 Å². The third-order valence-electron chi connectivity index (χ3n) is 3.27. The van der Waals surface area contributed by atoms with E-state index < -0.39 is 0 Å². The standard InChI is InChI=1S/C16H13ClN2O3/c17-12-4-2-1-3-11(12)8-18-16(21)10-5-6-14-13(7-10)19-15(20)9-22-14/h1-7H,8-9H2,(H,18,21)(H,19,20). The Morgan fingerprint density at radius 1 is 1.27 bits per heavy atom. The summed E-state index contributed by atoms with van der Waals surface area (Å²) in [6, 6.07) is 12.2. The average Bonchev–Trinajstić information content (AvgIpc) is 2.53. The molecule has 6 heteroatoms. The van der Waals surface area contributed by atoms with Crippen LogP contribution in [0.15, 0.2) is 42.5 Å². The molecule has 22 heavy (non-hydrogen) atoms. The van der Waals surface area contributed by atoms with Gasteiger partial charge in [0.05, 0.1) is 5.69 Å². The molecular weight excluding hydrogens is 304 g/mol. The summed E-state index contributed by atoms with van der Waals surface area (Å²) in [6.07, 6.45) is 0. The highest BCUT2D eigenvalue weighted by atomic mass is 35.5. The van der Waals surface area contributed by atoms with E-state index in [1.54, 1.807) is 24.3 Å². The monoisotopic (exact) mass is 316 g/mol. The number of hydrogen-bond donors (Lipinski definition) is 2. The van der Waals surface area contributed by atoms with E-state index >= 15 is 0 Å². The first-order valence-corrected chi connectivity index (χ1v) is 7.09. The molecule has 2 aromatic rings. The van der Waals surface area contributed by atoms with E-state index in [1.807, 2.05) is 18.2 Å². The van der Waals surface area contributed by atoms with Crippen molar-refractivity contribution in [1.29, 1.82) is 0 Å². The molecular formula is C16H13ClN2O3. The van der Waals surface area contributed by atoms with E-state index in [-0.39, 0.29) is 18.4 Å². The number of carbonyl (C=O) groups is 2. The van der Waals surface area contributed by atoms with Gasteiger partial charge in [-0.2, -0.15) is 0 Å². The number of anilines is 1. The first kappa shape index (κ1) is 14.4. The van der Waals surface area contributed by atoms with Gasteiger partial charge >= 0.3 is 0 Å². The Morgan fingerprint density at radius 3 is 2.91 bits per heavy atom. The summed E-state index contributed by atoms with van der Waals surface area (Å²) in [5.74, 6) is 0.0749. The quantitative estimate of drug-likeness (QED) is 0.914. The van der Waals surface area contributed by atoms with Crippen molar-refractivity contribution in [2.24, 2.45) is 0 Å². The topological polar surface area (TPSA) is 67.4 Å². The summed E-state index contributed by atoms with van der Waals surface area (Å²) in [5, 5.41) is 6.08. The molecule has 0 atom stereocenters. The highest BCUT2D eigenvalue weighted by molar-refractivity contribution is 6.31. The first-order chi connectivity index (χ1) is 10.6. The molecule has 0 bridgehead atoms. The van der Waals surface area contributed by atoms with Crippen molar-refractivity contribution in [3.8, 4) is 5.75 Å². The van der Waals surface area contributed by atoms with Crippen molar-refractivity contribution < 1.29 is 14.3 Å². The van der Waals surface area contributed by atoms with Crippen LogP contribution in [-0.4, -0.2) is 18.4 Å². The first-order valence-electron chi connectivity index (χ1n) is 6.72. The number of fused-ring (bicyclic) bond motifs is 1. The van der Waals surface area contributed by atoms with Gasteiger partial charge in [0, 0.05) is 17.1 Å². The van der Waals surface area contributed by atoms with Gasteiger partial charge in [0.1, 0.15) is 5.75 Å². The Morgan fingerprint density at radius 2 is 2.09 bits per heavy atom. The van der Waals surface area contributed by atoms with Crippen LogP contribution in [0.1, 0.15) is 15.9 Å². The molecule has 0 unspecified atom stereocenters. The maximum atomic E-state index is 12.2. The number of halogens is 1. The van der Waals surface area contributed by atoms with E-state index in [0.29, 0.717) is 28.6 Å². The highest BCUT2D eigenvalue weighted by Gasteiger charge is 2.17. The normalized spacial score (nSPS) is 12.9. The second-order valence-electron chi connectivity index (χ2n) is 4.82. The number of amides is 2. The fourth-order valence-electron chi connectivity index (χ4n) is 2.14. The third kappa shape index (κ3) is 3.04. The smallest absolute Gasteiger partial charge is 0.262 e. The Hall–Kier alpha value is -2.53. The fourth-order valence-corrected chi connectivity index (χ4v) is 2.35. The number of benzene rings is 2. The minimum Gasteiger partial charge on any atom is -0.482 e. The maximum absolute atomic E-state index is 12.2. The molecule has 0 saturated heterocycles. The number of carbonyl (C=O) groups excluding carboxylic acids is 2. The van der Waals surface area contributed by atoms with Crippen molar-refractivity contribution in [2.45, 2.75) is 6.54 Å². The van der Waals surface area contributed by atoms with E-state index in [1.165, 1.54) is 0 Å². The van der Waals surface area contributed by atoms with Crippen LogP contribution in [0.3, 0.4) is 0 Å². The van der Waals surface area contributed by atoms with Gasteiger partial charge in [-0.15, -0.1) is 0 Å². The lowest BCUT2D eigenvalue weighted by atomic mass is 10.1. The summed E-state index contributed by atoms with van der Waals surface area (Å²) >= 11 is 6.05. The SMILES string of the molecule is O=C1COc2ccc(C(=O)NCc3ccccc3Cl)cc2N1. The predicted molar refractivity (Wildman–Crippen MR) is 83.2 cm³/mol. The minimum absolute atomic E-state index is 0.00888. The van der Waals surface area contributed by atoms with Crippen LogP contribution in [0.2, 0.25) is 5.02 Å². The molecule has 1 aliphatic heterocycles. The molecule has 2 aromatic carbocycles. The summed E-state index contributed by atoms with van der Waals surface area (Å²) in [5.41, 5.74) is 1.78. The van der Waals surface area contributed by atoms with Gasteiger partial charge in [-0.3, -0.25) is 9.59 Å². The van der Waals surface area contributed by atoms with Gasteiger partial charge in [0.2, 0.25) is 0 Å². The largest absolute Gasteiger partial charge is 0.482 e. The zero-order valence-corrected chi connectivity index (χ0v) is 12.3. The number of hydrogen-bond acceptors (Lipinski definition) is 3. The fraction of sp³-hybridized carbons (Fsp3) is 0.125. The van der Waals surface area contributed by atoms with Gasteiger partial charge in [-0.25, -0.2) is 0 Å². The van der Waals surface area contributed by atoms with Crippen LogP contribution < -0.4 is 15.4 Å². The lowest BCUT2D eigenvalue weighted by Crippen LogP contribution is -2.27. The zero-order valence-electron chi connectivity index (χ0n) is 11.6. The van der Waals surface area contributed by atoms with E-state index in [4.69, 9.17) is 16.3 Å². The molecule has 2 N–H and O–H groups in total. The molecule has 112 valence electrons. The summed E-state index contributed by atoms with van der Waals surface area (Å²) in [4.78, 5) is 23.5. The van der Waals surface area contributed by atoms with Crippen LogP contribution >= 0.6 is 11.6 Å². The lowest BCUT2D eigenvalue weighted by molar-refractivity contribution is -0.118. The van der Waals surface area contributed by atoms with Gasteiger partial charge in [-0.1, -0.05) is 29.8 Å². The van der Waals surface area contributed by atoms with Crippen LogP contribution in [0, 0.1) is 0 Å². The molecule has 5 nitrogen and oxygen atoms in total. The Bertz CT molecular complexity index is 746. The molecule has 1 heterocycles. The Labute approximate surface area is 132 Å². The Balaban J connectivity index is 1.72. The molecule has 0 aromatic heterocycles. The summed E-state index contributed by atoms with van der Waals surface area (Å²) in [7, 11) is 0.